The maximum Gasteiger partial charge on any atom is 0.281 e. The van der Waals surface area contributed by atoms with Gasteiger partial charge in [-0.1, -0.05) is 11.3 Å². The second-order valence-electron chi connectivity index (χ2n) is 9.17. The third-order valence-electron chi connectivity index (χ3n) is 6.48. The summed E-state index contributed by atoms with van der Waals surface area (Å²) in [5.41, 5.74) is 1.62. The van der Waals surface area contributed by atoms with Crippen LogP contribution in [0.4, 0.5) is 23.5 Å². The number of methoxy groups -OCH3 is 1. The molecule has 2 atom stereocenters. The molecule has 1 aromatic carbocycles. The van der Waals surface area contributed by atoms with Crippen LogP contribution < -0.4 is 10.1 Å². The van der Waals surface area contributed by atoms with Gasteiger partial charge in [-0.05, 0) is 31.0 Å². The molecule has 11 nitrogen and oxygen atoms in total. The summed E-state index contributed by atoms with van der Waals surface area (Å²) < 4.78 is 90.2. The number of ether oxygens (including phenoxy) is 1. The largest absolute Gasteiger partial charge is 0.479 e. The van der Waals surface area contributed by atoms with Crippen LogP contribution in [0.3, 0.4) is 0 Å². The Morgan fingerprint density at radius 3 is 2.74 bits per heavy atom. The zero-order valence-electron chi connectivity index (χ0n) is 20.6. The first kappa shape index (κ1) is 26.1. The van der Waals surface area contributed by atoms with Gasteiger partial charge in [0.25, 0.3) is 5.92 Å². The van der Waals surface area contributed by atoms with E-state index in [0.29, 0.717) is 16.6 Å². The lowest BCUT2D eigenvalue weighted by Gasteiger charge is -2.37. The molecule has 0 amide bonds. The lowest BCUT2D eigenvalue weighted by Crippen LogP contribution is -2.55. The fourth-order valence-electron chi connectivity index (χ4n) is 4.51. The first-order chi connectivity index (χ1) is 17.9. The number of nitrogens with zero attached hydrogens (tertiary/aromatic N) is 7. The third kappa shape index (κ3) is 4.51. The molecule has 0 unspecified atom stereocenters. The van der Waals surface area contributed by atoms with Crippen LogP contribution in [0.1, 0.15) is 19.4 Å². The van der Waals surface area contributed by atoms with Crippen LogP contribution in [0.25, 0.3) is 27.7 Å². The Morgan fingerprint density at radius 2 is 2.08 bits per heavy atom. The number of alkyl halides is 3. The molecule has 0 aliphatic carbocycles. The average Bonchev–Trinajstić information content (AvgIpc) is 3.43. The van der Waals surface area contributed by atoms with E-state index in [0.717, 1.165) is 21.3 Å². The van der Waals surface area contributed by atoms with Gasteiger partial charge in [0.15, 0.2) is 5.82 Å². The Balaban J connectivity index is 1.53. The van der Waals surface area contributed by atoms with Gasteiger partial charge in [-0.15, -0.1) is 10.2 Å². The van der Waals surface area contributed by atoms with E-state index in [2.05, 4.69) is 25.7 Å². The van der Waals surface area contributed by atoms with Gasteiger partial charge in [-0.2, -0.15) is 9.29 Å². The van der Waals surface area contributed by atoms with E-state index < -0.39 is 47.1 Å². The lowest BCUT2D eigenvalue weighted by molar-refractivity contribution is -0.0541. The van der Waals surface area contributed by atoms with Gasteiger partial charge in [-0.25, -0.2) is 35.2 Å². The van der Waals surface area contributed by atoms with Crippen LogP contribution in [0.5, 0.6) is 5.88 Å². The van der Waals surface area contributed by atoms with Crippen LogP contribution in [0, 0.1) is 5.82 Å². The summed E-state index contributed by atoms with van der Waals surface area (Å²) in [5, 5.41) is 14.7. The van der Waals surface area contributed by atoms with E-state index in [1.807, 2.05) is 0 Å². The van der Waals surface area contributed by atoms with Crippen molar-refractivity contribution in [1.82, 2.24) is 33.9 Å². The van der Waals surface area contributed by atoms with Gasteiger partial charge in [0.2, 0.25) is 21.9 Å². The second kappa shape index (κ2) is 9.34. The second-order valence-corrected chi connectivity index (χ2v) is 11.2. The molecule has 0 radical (unpaired) electrons. The van der Waals surface area contributed by atoms with Crippen molar-refractivity contribution in [2.45, 2.75) is 31.4 Å². The Kier molecular flexibility index (Phi) is 6.41. The van der Waals surface area contributed by atoms with E-state index in [1.54, 1.807) is 25.1 Å². The van der Waals surface area contributed by atoms with Crippen molar-refractivity contribution in [3.63, 3.8) is 0 Å². The lowest BCUT2D eigenvalue weighted by atomic mass is 10.0. The van der Waals surface area contributed by atoms with Gasteiger partial charge in [-0.3, -0.25) is 0 Å². The van der Waals surface area contributed by atoms with E-state index in [9.17, 15) is 21.6 Å². The van der Waals surface area contributed by atoms with E-state index >= 15 is 4.39 Å². The van der Waals surface area contributed by atoms with Crippen molar-refractivity contribution < 1.29 is 30.7 Å². The van der Waals surface area contributed by atoms with Crippen molar-refractivity contribution in [2.24, 2.45) is 0 Å². The molecule has 3 aromatic heterocycles. The summed E-state index contributed by atoms with van der Waals surface area (Å²) in [6.45, 7) is -0.131. The number of hydrogen-bond acceptors (Lipinski definition) is 8. The highest BCUT2D eigenvalue weighted by atomic mass is 32.2. The van der Waals surface area contributed by atoms with Gasteiger partial charge in [0.1, 0.15) is 17.7 Å². The highest BCUT2D eigenvalue weighted by Gasteiger charge is 2.47. The predicted molar refractivity (Wildman–Crippen MR) is 130 cm³/mol. The number of nitrogens with one attached hydrogen (secondary N) is 1. The molecule has 16 heteroatoms. The topological polar surface area (TPSA) is 120 Å². The monoisotopic (exact) mass is 556 g/mol. The summed E-state index contributed by atoms with van der Waals surface area (Å²) in [6, 6.07) is 2.80. The standard InChI is InChI=1S/C22H24F4N8O3S/c1-12(9-23)34-16-8-13(4-5-15(16)29-31-34)18-14(24)10-33-19(18)20(37-2)28-21(30-33)27-17-6-7-32(38(3,35)36)11-22(17,25)26/h4-5,8,10,12,17H,6-7,9,11H2,1-3H3,(H,27,30)/t12-,17-/m1/s1. The molecule has 0 saturated carbocycles. The molecular formula is C22H24F4N8O3S. The van der Waals surface area contributed by atoms with Gasteiger partial charge >= 0.3 is 0 Å². The molecule has 1 aliphatic rings. The number of anilines is 1. The SMILES string of the molecule is COc1nc(N[C@@H]2CCN(S(C)(=O)=O)CC2(F)F)nn2cc(F)c(-c3ccc4nnn([C@H](C)CF)c4c3)c12. The molecular weight excluding hydrogens is 532 g/mol. The summed E-state index contributed by atoms with van der Waals surface area (Å²) in [4.78, 5) is 4.18. The molecule has 5 rings (SSSR count). The molecule has 1 N–H and O–H groups in total. The molecule has 1 aliphatic heterocycles. The number of benzene rings is 1. The molecule has 4 aromatic rings. The number of sulfonamides is 1. The zero-order chi connectivity index (χ0) is 27.4. The number of rotatable bonds is 7. The van der Waals surface area contributed by atoms with Crippen molar-refractivity contribution in [1.29, 1.82) is 0 Å². The molecule has 0 bridgehead atoms. The summed E-state index contributed by atoms with van der Waals surface area (Å²) in [6.07, 6.45) is 1.74. The molecule has 1 saturated heterocycles. The highest BCUT2D eigenvalue weighted by molar-refractivity contribution is 7.88. The van der Waals surface area contributed by atoms with E-state index in [1.165, 1.54) is 11.8 Å². The first-order valence-electron chi connectivity index (χ1n) is 11.6. The van der Waals surface area contributed by atoms with Crippen molar-refractivity contribution in [3.05, 3.63) is 30.2 Å². The fourth-order valence-corrected chi connectivity index (χ4v) is 5.35. The van der Waals surface area contributed by atoms with Gasteiger partial charge in [0.05, 0.1) is 49.3 Å². The molecule has 38 heavy (non-hydrogen) atoms. The predicted octanol–water partition coefficient (Wildman–Crippen LogP) is 2.90. The van der Waals surface area contributed by atoms with Crippen molar-refractivity contribution >= 4 is 32.5 Å². The minimum absolute atomic E-state index is 0.0813. The summed E-state index contributed by atoms with van der Waals surface area (Å²) in [7, 11) is -2.48. The van der Waals surface area contributed by atoms with E-state index in [-0.39, 0.29) is 35.9 Å². The quantitative estimate of drug-likeness (QED) is 0.345. The zero-order valence-corrected chi connectivity index (χ0v) is 21.4. The maximum atomic E-state index is 15.3. The molecule has 204 valence electrons. The number of piperidine rings is 1. The fraction of sp³-hybridized carbons (Fsp3) is 0.455. The van der Waals surface area contributed by atoms with Crippen molar-refractivity contribution in [3.8, 4) is 17.0 Å². The summed E-state index contributed by atoms with van der Waals surface area (Å²) >= 11 is 0. The van der Waals surface area contributed by atoms with Crippen molar-refractivity contribution in [2.75, 3.05) is 38.4 Å². The minimum Gasteiger partial charge on any atom is -0.479 e. The van der Waals surface area contributed by atoms with Crippen LogP contribution in [-0.2, 0) is 10.0 Å². The summed E-state index contributed by atoms with van der Waals surface area (Å²) in [5.74, 6) is -4.42. The Hall–Kier alpha value is -3.53. The smallest absolute Gasteiger partial charge is 0.281 e. The number of aromatic nitrogens is 6. The molecule has 0 spiro atoms. The van der Waals surface area contributed by atoms with Crippen LogP contribution in [0.15, 0.2) is 24.4 Å². The third-order valence-corrected chi connectivity index (χ3v) is 7.73. The number of halogens is 4. The maximum absolute atomic E-state index is 15.3. The van der Waals surface area contributed by atoms with Gasteiger partial charge < -0.3 is 10.1 Å². The highest BCUT2D eigenvalue weighted by Crippen LogP contribution is 2.36. The van der Waals surface area contributed by atoms with Crippen LogP contribution in [-0.4, -0.2) is 87.4 Å². The molecule has 4 heterocycles. The van der Waals surface area contributed by atoms with E-state index in [4.69, 9.17) is 4.74 Å². The Morgan fingerprint density at radius 1 is 1.32 bits per heavy atom. The first-order valence-corrected chi connectivity index (χ1v) is 13.4. The van der Waals surface area contributed by atoms with Crippen LogP contribution in [0.2, 0.25) is 0 Å². The average molecular weight is 557 g/mol. The van der Waals surface area contributed by atoms with Gasteiger partial charge in [0, 0.05) is 6.54 Å². The minimum atomic E-state index is -3.78. The molecule has 1 fully saturated rings. The Bertz CT molecular complexity index is 1620. The number of fused-ring (bicyclic) bond motifs is 2. The Labute approximate surface area is 214 Å². The normalized spacial score (nSPS) is 19.2. The number of hydrogen-bond donors (Lipinski definition) is 1. The van der Waals surface area contributed by atoms with Crippen LogP contribution >= 0.6 is 0 Å².